The minimum atomic E-state index is -1.17. The van der Waals surface area contributed by atoms with E-state index in [1.54, 1.807) is 24.3 Å². The number of hydrogen-bond donors (Lipinski definition) is 3. The van der Waals surface area contributed by atoms with Gasteiger partial charge in [0, 0.05) is 30.9 Å². The summed E-state index contributed by atoms with van der Waals surface area (Å²) in [6, 6.07) is 6.06. The van der Waals surface area contributed by atoms with E-state index in [2.05, 4.69) is 21.1 Å². The van der Waals surface area contributed by atoms with Crippen molar-refractivity contribution in [2.24, 2.45) is 10.6 Å². The highest BCUT2D eigenvalue weighted by Crippen LogP contribution is 2.40. The zero-order valence-electron chi connectivity index (χ0n) is 35.6. The minimum absolute atomic E-state index is 0.0433. The topological polar surface area (TPSA) is 174 Å². The minimum Gasteiger partial charge on any atom is -0.444 e. The molecule has 59 heavy (non-hydrogen) atoms. The second-order valence-corrected chi connectivity index (χ2v) is 18.5. The monoisotopic (exact) mass is 821 g/mol. The number of carbonyl (C=O) groups is 5. The molecule has 3 N–H and O–H groups in total. The molecule has 0 radical (unpaired) electrons. The van der Waals surface area contributed by atoms with E-state index in [9.17, 15) is 24.0 Å². The molecule has 1 aromatic rings. The number of carbonyl (C=O) groups excluding carboxylic acids is 5. The van der Waals surface area contributed by atoms with E-state index in [0.717, 1.165) is 51.4 Å². The summed E-state index contributed by atoms with van der Waals surface area (Å²) in [5.74, 6) is -1.48. The number of nitrogens with zero attached hydrogens (tertiary/aromatic N) is 2. The maximum Gasteiger partial charge on any atom is 0.408 e. The van der Waals surface area contributed by atoms with Crippen molar-refractivity contribution in [1.82, 2.24) is 20.9 Å². The Morgan fingerprint density at radius 1 is 0.898 bits per heavy atom. The van der Waals surface area contributed by atoms with Gasteiger partial charge in [0.2, 0.25) is 17.6 Å². The molecular weight excluding hydrogens is 755 g/mol. The predicted molar refractivity (Wildman–Crippen MR) is 222 cm³/mol. The highest BCUT2D eigenvalue weighted by Gasteiger charge is 2.56. The number of rotatable bonds is 14. The van der Waals surface area contributed by atoms with Crippen LogP contribution in [0.15, 0.2) is 35.5 Å². The van der Waals surface area contributed by atoms with Crippen LogP contribution in [0.2, 0.25) is 0 Å². The molecule has 326 valence electrons. The molecule has 2 saturated heterocycles. The van der Waals surface area contributed by atoms with Gasteiger partial charge in [-0.15, -0.1) is 0 Å². The van der Waals surface area contributed by atoms with Crippen molar-refractivity contribution in [3.8, 4) is 0 Å². The Morgan fingerprint density at radius 3 is 2.19 bits per heavy atom. The first kappa shape index (κ1) is 44.5. The molecule has 14 heteroatoms. The molecule has 6 rings (SSSR count). The van der Waals surface area contributed by atoms with Gasteiger partial charge in [0.05, 0.1) is 31.9 Å². The molecule has 2 saturated carbocycles. The number of oxime groups is 1. The number of amides is 4. The fourth-order valence-corrected chi connectivity index (χ4v) is 8.76. The van der Waals surface area contributed by atoms with Crippen molar-refractivity contribution in [2.45, 2.75) is 185 Å². The van der Waals surface area contributed by atoms with Gasteiger partial charge in [-0.25, -0.2) is 4.79 Å². The third-order valence-corrected chi connectivity index (χ3v) is 12.3. The molecule has 0 bridgehead atoms. The number of ketones is 1. The van der Waals surface area contributed by atoms with E-state index in [0.29, 0.717) is 31.4 Å². The number of Topliss-reactive ketones (excluding diaryl/α,β-unsaturated/α-hetero) is 1. The van der Waals surface area contributed by atoms with Crippen LogP contribution in [0.1, 0.15) is 147 Å². The molecular formula is C45H67N5O9. The first-order chi connectivity index (χ1) is 28.4. The predicted octanol–water partition coefficient (Wildman–Crippen LogP) is 6.15. The van der Waals surface area contributed by atoms with Gasteiger partial charge in [-0.3, -0.25) is 19.2 Å². The van der Waals surface area contributed by atoms with Gasteiger partial charge in [-0.1, -0.05) is 121 Å². The van der Waals surface area contributed by atoms with Crippen LogP contribution in [0.25, 0.3) is 0 Å². The summed E-state index contributed by atoms with van der Waals surface area (Å²) >= 11 is 0. The lowest BCUT2D eigenvalue weighted by Crippen LogP contribution is -2.60. The Morgan fingerprint density at radius 2 is 1.58 bits per heavy atom. The van der Waals surface area contributed by atoms with Crippen molar-refractivity contribution in [3.05, 3.63) is 35.9 Å². The standard InChI is InChI=1S/C45H67N5O9/c1-5-17-34(38(41(53)46-31-22-23-31)57-32-20-15-10-8-6-7-9-11-16-21-32)47-40(52)36-27-45(26-35(49-59-45)37(51)30-18-13-12-14-19-30)29-50(36)42(54)39(44(2,3)4)48-43(55)58-33-24-25-56-28-33/h12-14,18-19,31-34,36,38-39H,5-11,15-17,20-29H2,1-4H3,(H,46,53)(H,47,52)(H,48,55)/t33-,34-,36-,38?,39+,45+/m0/s1. The van der Waals surface area contributed by atoms with E-state index < -0.39 is 59.3 Å². The van der Waals surface area contributed by atoms with Crippen LogP contribution in [0, 0.1) is 5.41 Å². The van der Waals surface area contributed by atoms with Crippen LogP contribution in [0.5, 0.6) is 0 Å². The Kier molecular flexibility index (Phi) is 15.5. The zero-order valence-corrected chi connectivity index (χ0v) is 35.6. The van der Waals surface area contributed by atoms with Crippen molar-refractivity contribution < 1.29 is 43.0 Å². The van der Waals surface area contributed by atoms with Gasteiger partial charge in [0.15, 0.2) is 11.7 Å². The van der Waals surface area contributed by atoms with Crippen molar-refractivity contribution in [1.29, 1.82) is 0 Å². The summed E-state index contributed by atoms with van der Waals surface area (Å²) in [5, 5.41) is 13.4. The molecule has 5 aliphatic rings. The molecule has 2 aliphatic carbocycles. The van der Waals surface area contributed by atoms with Crippen molar-refractivity contribution >= 4 is 35.3 Å². The largest absolute Gasteiger partial charge is 0.444 e. The van der Waals surface area contributed by atoms with Gasteiger partial charge in [0.25, 0.3) is 5.91 Å². The van der Waals surface area contributed by atoms with Crippen LogP contribution in [0.4, 0.5) is 4.79 Å². The van der Waals surface area contributed by atoms with Crippen molar-refractivity contribution in [2.75, 3.05) is 19.8 Å². The number of likely N-dealkylation sites (tertiary alicyclic amines) is 1. The summed E-state index contributed by atoms with van der Waals surface area (Å²) in [4.78, 5) is 78.0. The van der Waals surface area contributed by atoms with Crippen LogP contribution in [0.3, 0.4) is 0 Å². The molecule has 1 spiro atoms. The van der Waals surface area contributed by atoms with Gasteiger partial charge in [0.1, 0.15) is 23.9 Å². The number of hydrogen-bond acceptors (Lipinski definition) is 10. The number of ether oxygens (including phenoxy) is 3. The van der Waals surface area contributed by atoms with Crippen molar-refractivity contribution in [3.63, 3.8) is 0 Å². The fourth-order valence-electron chi connectivity index (χ4n) is 8.76. The second-order valence-electron chi connectivity index (χ2n) is 18.5. The Labute approximate surface area is 349 Å². The highest BCUT2D eigenvalue weighted by molar-refractivity contribution is 6.46. The molecule has 3 heterocycles. The molecule has 4 amide bonds. The number of benzene rings is 1. The van der Waals surface area contributed by atoms with Crippen LogP contribution in [-0.4, -0.2) is 108 Å². The van der Waals surface area contributed by atoms with Crippen LogP contribution >= 0.6 is 0 Å². The smallest absolute Gasteiger partial charge is 0.408 e. The van der Waals surface area contributed by atoms with E-state index in [4.69, 9.17) is 19.0 Å². The highest BCUT2D eigenvalue weighted by atomic mass is 16.7. The number of alkyl carbamates (subject to hydrolysis) is 1. The Bertz CT molecular complexity index is 1630. The van der Waals surface area contributed by atoms with Gasteiger partial charge >= 0.3 is 6.09 Å². The molecule has 1 unspecified atom stereocenters. The average Bonchev–Trinajstić information content (AvgIpc) is 3.53. The zero-order chi connectivity index (χ0) is 42.0. The summed E-state index contributed by atoms with van der Waals surface area (Å²) in [5.41, 5.74) is -1.30. The summed E-state index contributed by atoms with van der Waals surface area (Å²) in [6.45, 7) is 8.22. The normalized spacial score (nSPS) is 25.8. The third-order valence-electron chi connectivity index (χ3n) is 12.3. The summed E-state index contributed by atoms with van der Waals surface area (Å²) < 4.78 is 17.8. The molecule has 14 nitrogen and oxygen atoms in total. The van der Waals surface area contributed by atoms with E-state index >= 15 is 0 Å². The molecule has 0 aromatic heterocycles. The maximum atomic E-state index is 14.8. The van der Waals surface area contributed by atoms with Crippen LogP contribution in [-0.2, 0) is 33.4 Å². The molecule has 4 fully saturated rings. The first-order valence-electron chi connectivity index (χ1n) is 22.3. The third kappa shape index (κ3) is 12.3. The van der Waals surface area contributed by atoms with E-state index in [1.165, 1.54) is 30.6 Å². The maximum absolute atomic E-state index is 14.8. The first-order valence-corrected chi connectivity index (χ1v) is 22.3. The quantitative estimate of drug-likeness (QED) is 0.186. The summed E-state index contributed by atoms with van der Waals surface area (Å²) in [7, 11) is 0. The average molecular weight is 822 g/mol. The lowest BCUT2D eigenvalue weighted by Gasteiger charge is -2.36. The second kappa shape index (κ2) is 20.5. The van der Waals surface area contributed by atoms with E-state index in [-0.39, 0.29) is 55.5 Å². The fraction of sp³-hybridized carbons (Fsp3) is 0.733. The molecule has 1 aromatic carbocycles. The molecule has 6 atom stereocenters. The lowest BCUT2D eigenvalue weighted by molar-refractivity contribution is -0.146. The summed E-state index contributed by atoms with van der Waals surface area (Å²) in [6.07, 6.45) is 12.4. The van der Waals surface area contributed by atoms with E-state index in [1.807, 2.05) is 33.8 Å². The van der Waals surface area contributed by atoms with Crippen LogP contribution < -0.4 is 16.0 Å². The Hall–Kier alpha value is -4.04. The van der Waals surface area contributed by atoms with Gasteiger partial charge < -0.3 is 39.9 Å². The Balaban J connectivity index is 1.25. The molecule has 3 aliphatic heterocycles. The van der Waals surface area contributed by atoms with Gasteiger partial charge in [-0.05, 0) is 37.5 Å². The number of nitrogens with one attached hydrogen (secondary N) is 3. The SMILES string of the molecule is CCC[C@H](NC(=O)[C@@H]1C[C@]2(CC(C(=O)c3ccccc3)=NO2)CN1C(=O)[C@@H](NC(=O)O[C@H]1CCOC1)C(C)(C)C)C(OC1CCCCCCCCCC1)C(=O)NC1CC1. The van der Waals surface area contributed by atoms with Gasteiger partial charge in [-0.2, -0.15) is 0 Å². The lowest BCUT2D eigenvalue weighted by atomic mass is 9.85.